The Balaban J connectivity index is 1.77. The van der Waals surface area contributed by atoms with Gasteiger partial charge >= 0.3 is 0 Å². The Morgan fingerprint density at radius 1 is 1.41 bits per heavy atom. The van der Waals surface area contributed by atoms with Crippen LogP contribution in [0, 0.1) is 5.92 Å². The molecule has 0 unspecified atom stereocenters. The van der Waals surface area contributed by atoms with Crippen LogP contribution in [0.25, 0.3) is 0 Å². The van der Waals surface area contributed by atoms with E-state index in [4.69, 9.17) is 5.73 Å². The van der Waals surface area contributed by atoms with E-state index in [2.05, 4.69) is 4.98 Å². The summed E-state index contributed by atoms with van der Waals surface area (Å²) < 4.78 is 0. The van der Waals surface area contributed by atoms with Gasteiger partial charge in [-0.2, -0.15) is 0 Å². The largest absolute Gasteiger partial charge is 0.375 e. The predicted octanol–water partition coefficient (Wildman–Crippen LogP) is 2.19. The van der Waals surface area contributed by atoms with E-state index in [0.717, 1.165) is 37.9 Å². The minimum Gasteiger partial charge on any atom is -0.375 e. The molecule has 0 aromatic carbocycles. The molecule has 4 nitrogen and oxygen atoms in total. The fraction of sp³-hybridized carbons (Fsp3) is 0.667. The van der Waals surface area contributed by atoms with E-state index in [0.29, 0.717) is 11.0 Å². The van der Waals surface area contributed by atoms with Gasteiger partial charge in [0.25, 0.3) is 0 Å². The number of amides is 1. The molecule has 2 heterocycles. The van der Waals surface area contributed by atoms with Crippen molar-refractivity contribution in [2.75, 3.05) is 12.3 Å². The van der Waals surface area contributed by atoms with Gasteiger partial charge in [0.1, 0.15) is 0 Å². The van der Waals surface area contributed by atoms with Crippen LogP contribution in [0.5, 0.6) is 0 Å². The lowest BCUT2D eigenvalue weighted by Crippen LogP contribution is -2.38. The van der Waals surface area contributed by atoms with E-state index >= 15 is 0 Å². The van der Waals surface area contributed by atoms with Crippen LogP contribution in [0.2, 0.25) is 0 Å². The number of rotatable bonds is 2. The number of nitrogen functional groups attached to an aromatic ring is 1. The Morgan fingerprint density at radius 2 is 2.24 bits per heavy atom. The third-order valence-electron chi connectivity index (χ3n) is 3.87. The molecule has 3 rings (SSSR count). The quantitative estimate of drug-likeness (QED) is 0.876. The van der Waals surface area contributed by atoms with Crippen LogP contribution in [0.4, 0.5) is 5.13 Å². The second-order valence-corrected chi connectivity index (χ2v) is 5.82. The molecule has 1 amide bonds. The SMILES string of the molecule is Nc1nc([C@@H]2CCCN2C(=O)C2CCC2)cs1. The average Bonchev–Trinajstić information content (AvgIpc) is 2.81. The summed E-state index contributed by atoms with van der Waals surface area (Å²) in [6, 6.07) is 0.177. The first-order valence-electron chi connectivity index (χ1n) is 6.27. The van der Waals surface area contributed by atoms with Crippen LogP contribution in [0.3, 0.4) is 0 Å². The van der Waals surface area contributed by atoms with Gasteiger partial charge in [0.05, 0.1) is 11.7 Å². The van der Waals surface area contributed by atoms with Gasteiger partial charge in [0, 0.05) is 17.8 Å². The first kappa shape index (κ1) is 11.0. The number of thiazole rings is 1. The molecule has 0 bridgehead atoms. The predicted molar refractivity (Wildman–Crippen MR) is 67.6 cm³/mol. The molecule has 2 fully saturated rings. The third-order valence-corrected chi connectivity index (χ3v) is 4.56. The fourth-order valence-corrected chi connectivity index (χ4v) is 3.29. The molecular formula is C12H17N3OS. The van der Waals surface area contributed by atoms with E-state index in [1.807, 2.05) is 10.3 Å². The van der Waals surface area contributed by atoms with Crippen molar-refractivity contribution in [3.05, 3.63) is 11.1 Å². The number of aromatic nitrogens is 1. The summed E-state index contributed by atoms with van der Waals surface area (Å²) in [6.45, 7) is 0.886. The molecule has 2 N–H and O–H groups in total. The monoisotopic (exact) mass is 251 g/mol. The molecule has 5 heteroatoms. The van der Waals surface area contributed by atoms with Crippen molar-refractivity contribution in [3.8, 4) is 0 Å². The Kier molecular flexibility index (Phi) is 2.78. The van der Waals surface area contributed by atoms with Gasteiger partial charge in [0.15, 0.2) is 5.13 Å². The molecule has 0 radical (unpaired) electrons. The summed E-state index contributed by atoms with van der Waals surface area (Å²) in [5, 5.41) is 2.59. The first-order chi connectivity index (χ1) is 8.25. The van der Waals surface area contributed by atoms with E-state index in [9.17, 15) is 4.79 Å². The Labute approximate surface area is 105 Å². The zero-order valence-corrected chi connectivity index (χ0v) is 10.6. The molecule has 1 atom stereocenters. The standard InChI is InChI=1S/C12H17N3OS/c13-12-14-9(7-17-12)10-5-2-6-15(10)11(16)8-3-1-4-8/h7-8,10H,1-6H2,(H2,13,14)/t10-/m0/s1. The van der Waals surface area contributed by atoms with Crippen molar-refractivity contribution in [3.63, 3.8) is 0 Å². The number of hydrogen-bond acceptors (Lipinski definition) is 4. The molecule has 2 aliphatic rings. The van der Waals surface area contributed by atoms with Crippen LogP contribution in [0.1, 0.15) is 43.8 Å². The third kappa shape index (κ3) is 1.92. The summed E-state index contributed by atoms with van der Waals surface area (Å²) in [4.78, 5) is 18.6. The van der Waals surface area contributed by atoms with Crippen molar-refractivity contribution in [2.45, 2.75) is 38.1 Å². The number of nitrogens with zero attached hydrogens (tertiary/aromatic N) is 2. The second-order valence-electron chi connectivity index (χ2n) is 4.93. The van der Waals surface area contributed by atoms with Gasteiger partial charge in [-0.1, -0.05) is 6.42 Å². The lowest BCUT2D eigenvalue weighted by atomic mass is 9.84. The van der Waals surface area contributed by atoms with Crippen LogP contribution >= 0.6 is 11.3 Å². The van der Waals surface area contributed by atoms with Crippen molar-refractivity contribution in [2.24, 2.45) is 5.92 Å². The summed E-state index contributed by atoms with van der Waals surface area (Å²) in [7, 11) is 0. The zero-order valence-electron chi connectivity index (χ0n) is 9.76. The van der Waals surface area contributed by atoms with Gasteiger partial charge in [-0.3, -0.25) is 4.79 Å². The highest BCUT2D eigenvalue weighted by molar-refractivity contribution is 7.13. The summed E-state index contributed by atoms with van der Waals surface area (Å²) in [5.41, 5.74) is 6.65. The molecule has 1 aliphatic carbocycles. The Hall–Kier alpha value is -1.10. The highest BCUT2D eigenvalue weighted by atomic mass is 32.1. The highest BCUT2D eigenvalue weighted by Crippen LogP contribution is 2.37. The number of carbonyl (C=O) groups is 1. The number of likely N-dealkylation sites (tertiary alicyclic amines) is 1. The van der Waals surface area contributed by atoms with Crippen molar-refractivity contribution in [1.82, 2.24) is 9.88 Å². The van der Waals surface area contributed by atoms with Gasteiger partial charge in [-0.15, -0.1) is 11.3 Å². The smallest absolute Gasteiger partial charge is 0.226 e. The maximum Gasteiger partial charge on any atom is 0.226 e. The minimum atomic E-state index is 0.177. The van der Waals surface area contributed by atoms with Crippen LogP contribution in [0.15, 0.2) is 5.38 Å². The normalized spacial score (nSPS) is 24.9. The lowest BCUT2D eigenvalue weighted by molar-refractivity contribution is -0.139. The molecule has 1 aromatic heterocycles. The number of carbonyl (C=O) groups excluding carboxylic acids is 1. The molecule has 1 saturated heterocycles. The molecule has 1 saturated carbocycles. The number of anilines is 1. The maximum absolute atomic E-state index is 12.3. The van der Waals surface area contributed by atoms with Crippen LogP contribution < -0.4 is 5.73 Å². The topological polar surface area (TPSA) is 59.2 Å². The molecule has 17 heavy (non-hydrogen) atoms. The van der Waals surface area contributed by atoms with E-state index in [1.54, 1.807) is 0 Å². The molecule has 0 spiro atoms. The molecule has 92 valence electrons. The van der Waals surface area contributed by atoms with Crippen LogP contribution in [-0.2, 0) is 4.79 Å². The Morgan fingerprint density at radius 3 is 2.82 bits per heavy atom. The van der Waals surface area contributed by atoms with Gasteiger partial charge in [-0.05, 0) is 25.7 Å². The van der Waals surface area contributed by atoms with Crippen molar-refractivity contribution < 1.29 is 4.79 Å². The van der Waals surface area contributed by atoms with Gasteiger partial charge in [-0.25, -0.2) is 4.98 Å². The number of nitrogens with two attached hydrogens (primary N) is 1. The van der Waals surface area contributed by atoms with Gasteiger partial charge in [0.2, 0.25) is 5.91 Å². The summed E-state index contributed by atoms with van der Waals surface area (Å²) in [5.74, 6) is 0.622. The average molecular weight is 251 g/mol. The molecule has 1 aliphatic heterocycles. The molecular weight excluding hydrogens is 234 g/mol. The van der Waals surface area contributed by atoms with Crippen molar-refractivity contribution in [1.29, 1.82) is 0 Å². The molecule has 1 aromatic rings. The summed E-state index contributed by atoms with van der Waals surface area (Å²) >= 11 is 1.46. The minimum absolute atomic E-state index is 0.177. The fourth-order valence-electron chi connectivity index (χ4n) is 2.68. The van der Waals surface area contributed by atoms with E-state index in [-0.39, 0.29) is 12.0 Å². The maximum atomic E-state index is 12.3. The van der Waals surface area contributed by atoms with E-state index in [1.165, 1.54) is 17.8 Å². The van der Waals surface area contributed by atoms with E-state index < -0.39 is 0 Å². The Bertz CT molecular complexity index is 427. The lowest BCUT2D eigenvalue weighted by Gasteiger charge is -2.32. The zero-order chi connectivity index (χ0) is 11.8. The second kappa shape index (κ2) is 4.29. The van der Waals surface area contributed by atoms with Gasteiger partial charge < -0.3 is 10.6 Å². The number of hydrogen-bond donors (Lipinski definition) is 1. The van der Waals surface area contributed by atoms with Crippen LogP contribution in [-0.4, -0.2) is 22.3 Å². The summed E-state index contributed by atoms with van der Waals surface area (Å²) in [6.07, 6.45) is 5.46. The highest BCUT2D eigenvalue weighted by Gasteiger charge is 2.36. The van der Waals surface area contributed by atoms with Crippen molar-refractivity contribution >= 4 is 22.4 Å². The first-order valence-corrected chi connectivity index (χ1v) is 7.15.